The third kappa shape index (κ3) is 2.63. The molecule has 0 saturated heterocycles. The average molecular weight is 294 g/mol. The highest BCUT2D eigenvalue weighted by molar-refractivity contribution is 5.93. The number of allylic oxidation sites excluding steroid dienone is 1. The van der Waals surface area contributed by atoms with E-state index in [1.54, 1.807) is 18.2 Å². The van der Waals surface area contributed by atoms with Gasteiger partial charge in [0.15, 0.2) is 0 Å². The van der Waals surface area contributed by atoms with Gasteiger partial charge in [-0.05, 0) is 40.5 Å². The van der Waals surface area contributed by atoms with Crippen LogP contribution in [0.5, 0.6) is 5.75 Å². The second-order valence-corrected chi connectivity index (χ2v) is 5.06. The van der Waals surface area contributed by atoms with Gasteiger partial charge in [0.1, 0.15) is 18.6 Å². The van der Waals surface area contributed by atoms with Crippen LogP contribution < -0.4 is 4.74 Å². The zero-order valence-corrected chi connectivity index (χ0v) is 11.8. The van der Waals surface area contributed by atoms with Gasteiger partial charge in [-0.2, -0.15) is 0 Å². The standard InChI is InChI=1S/C18H14O4/c19-8-7-15-14-4-2-1-3-13(14)11-22-17-6-5-12(9-16(15)17)10-18(20)21/h1-9H,10-11H2,(H,20,21)/b15-7+. The minimum absolute atomic E-state index is 0.0662. The molecule has 2 aromatic carbocycles. The van der Waals surface area contributed by atoms with Gasteiger partial charge < -0.3 is 9.84 Å². The molecule has 1 aliphatic heterocycles. The molecule has 0 fully saturated rings. The van der Waals surface area contributed by atoms with Crippen LogP contribution in [0.3, 0.4) is 0 Å². The van der Waals surface area contributed by atoms with Crippen LogP contribution in [-0.4, -0.2) is 17.4 Å². The van der Waals surface area contributed by atoms with E-state index in [4.69, 9.17) is 9.84 Å². The molecule has 0 unspecified atom stereocenters. The Kier molecular flexibility index (Phi) is 3.74. The summed E-state index contributed by atoms with van der Waals surface area (Å²) in [6.07, 6.45) is 2.17. The molecule has 4 nitrogen and oxygen atoms in total. The Morgan fingerprint density at radius 2 is 2.00 bits per heavy atom. The topological polar surface area (TPSA) is 63.6 Å². The van der Waals surface area contributed by atoms with E-state index in [1.165, 1.54) is 6.08 Å². The molecule has 0 atom stereocenters. The van der Waals surface area contributed by atoms with Crippen molar-refractivity contribution < 1.29 is 19.4 Å². The zero-order valence-electron chi connectivity index (χ0n) is 11.8. The number of carboxylic acid groups (broad SMARTS) is 1. The first-order valence-corrected chi connectivity index (χ1v) is 6.90. The first-order valence-electron chi connectivity index (χ1n) is 6.90. The van der Waals surface area contributed by atoms with Crippen molar-refractivity contribution in [3.8, 4) is 5.75 Å². The molecule has 110 valence electrons. The van der Waals surface area contributed by atoms with Crippen molar-refractivity contribution in [1.29, 1.82) is 0 Å². The van der Waals surface area contributed by atoms with E-state index in [2.05, 4.69) is 0 Å². The lowest BCUT2D eigenvalue weighted by atomic mass is 9.93. The van der Waals surface area contributed by atoms with Crippen LogP contribution in [0.4, 0.5) is 0 Å². The van der Waals surface area contributed by atoms with Crippen LogP contribution >= 0.6 is 0 Å². The number of benzene rings is 2. The lowest BCUT2D eigenvalue weighted by Gasteiger charge is -2.11. The van der Waals surface area contributed by atoms with Crippen molar-refractivity contribution in [1.82, 2.24) is 0 Å². The van der Waals surface area contributed by atoms with E-state index >= 15 is 0 Å². The molecule has 0 bridgehead atoms. The number of ether oxygens (including phenoxy) is 1. The maximum absolute atomic E-state index is 11.1. The number of aldehydes is 1. The molecule has 2 aromatic rings. The van der Waals surface area contributed by atoms with Gasteiger partial charge in [0.25, 0.3) is 0 Å². The summed E-state index contributed by atoms with van der Waals surface area (Å²) in [4.78, 5) is 22.0. The molecule has 22 heavy (non-hydrogen) atoms. The highest BCUT2D eigenvalue weighted by Gasteiger charge is 2.19. The minimum Gasteiger partial charge on any atom is -0.488 e. The fraction of sp³-hybridized carbons (Fsp3) is 0.111. The lowest BCUT2D eigenvalue weighted by molar-refractivity contribution is -0.136. The van der Waals surface area contributed by atoms with Crippen molar-refractivity contribution in [2.45, 2.75) is 13.0 Å². The van der Waals surface area contributed by atoms with Gasteiger partial charge >= 0.3 is 5.97 Å². The summed E-state index contributed by atoms with van der Waals surface area (Å²) in [5.74, 6) is -0.241. The van der Waals surface area contributed by atoms with Crippen LogP contribution in [0.15, 0.2) is 48.5 Å². The van der Waals surface area contributed by atoms with E-state index in [0.29, 0.717) is 17.9 Å². The number of carbonyl (C=O) groups excluding carboxylic acids is 1. The van der Waals surface area contributed by atoms with Crippen molar-refractivity contribution in [2.75, 3.05) is 0 Å². The Hall–Kier alpha value is -2.88. The minimum atomic E-state index is -0.893. The van der Waals surface area contributed by atoms with E-state index in [0.717, 1.165) is 28.5 Å². The molecule has 0 spiro atoms. The number of rotatable bonds is 3. The molecular weight excluding hydrogens is 280 g/mol. The maximum Gasteiger partial charge on any atom is 0.307 e. The van der Waals surface area contributed by atoms with E-state index in [-0.39, 0.29) is 6.42 Å². The van der Waals surface area contributed by atoms with Crippen LogP contribution in [0.1, 0.15) is 22.3 Å². The van der Waals surface area contributed by atoms with Crippen LogP contribution in [0, 0.1) is 0 Å². The maximum atomic E-state index is 11.1. The second-order valence-electron chi connectivity index (χ2n) is 5.06. The Labute approximate surface area is 127 Å². The molecule has 3 rings (SSSR count). The smallest absolute Gasteiger partial charge is 0.307 e. The third-order valence-corrected chi connectivity index (χ3v) is 3.61. The van der Waals surface area contributed by atoms with Crippen molar-refractivity contribution in [3.05, 3.63) is 70.8 Å². The molecule has 0 saturated carbocycles. The first kappa shape index (κ1) is 14.1. The van der Waals surface area contributed by atoms with Crippen LogP contribution in [0.2, 0.25) is 0 Å². The van der Waals surface area contributed by atoms with Crippen molar-refractivity contribution in [3.63, 3.8) is 0 Å². The Morgan fingerprint density at radius 3 is 2.77 bits per heavy atom. The average Bonchev–Trinajstić information content (AvgIpc) is 2.65. The quantitative estimate of drug-likeness (QED) is 0.698. The lowest BCUT2D eigenvalue weighted by Crippen LogP contribution is -2.01. The molecule has 1 aliphatic rings. The molecule has 0 aromatic heterocycles. The molecule has 0 amide bonds. The van der Waals surface area contributed by atoms with Crippen molar-refractivity contribution >= 4 is 17.8 Å². The summed E-state index contributed by atoms with van der Waals surface area (Å²) < 4.78 is 5.81. The molecule has 4 heteroatoms. The Balaban J connectivity index is 2.18. The van der Waals surface area contributed by atoms with Gasteiger partial charge in [-0.1, -0.05) is 30.3 Å². The fourth-order valence-corrected chi connectivity index (χ4v) is 2.66. The summed E-state index contributed by atoms with van der Waals surface area (Å²) in [5.41, 5.74) is 4.10. The molecule has 1 heterocycles. The van der Waals surface area contributed by atoms with Gasteiger partial charge in [0.2, 0.25) is 0 Å². The SMILES string of the molecule is O=C/C=C1\c2ccccc2COc2ccc(CC(=O)O)cc21. The second kappa shape index (κ2) is 5.85. The Morgan fingerprint density at radius 1 is 1.18 bits per heavy atom. The monoisotopic (exact) mass is 294 g/mol. The van der Waals surface area contributed by atoms with Crippen molar-refractivity contribution in [2.24, 2.45) is 0 Å². The largest absolute Gasteiger partial charge is 0.488 e. The highest BCUT2D eigenvalue weighted by atomic mass is 16.5. The summed E-state index contributed by atoms with van der Waals surface area (Å²) in [6.45, 7) is 0.414. The predicted molar refractivity (Wildman–Crippen MR) is 81.7 cm³/mol. The van der Waals surface area contributed by atoms with Gasteiger partial charge in [-0.25, -0.2) is 0 Å². The number of hydrogen-bond acceptors (Lipinski definition) is 3. The predicted octanol–water partition coefficient (Wildman–Crippen LogP) is 2.84. The number of hydrogen-bond donors (Lipinski definition) is 1. The van der Waals surface area contributed by atoms with Gasteiger partial charge in [0, 0.05) is 5.56 Å². The first-order chi connectivity index (χ1) is 10.7. The molecule has 0 radical (unpaired) electrons. The zero-order chi connectivity index (χ0) is 15.5. The van der Waals surface area contributed by atoms with E-state index in [1.807, 2.05) is 24.3 Å². The molecule has 1 N–H and O–H groups in total. The number of carbonyl (C=O) groups is 2. The summed E-state index contributed by atoms with van der Waals surface area (Å²) in [7, 11) is 0. The highest BCUT2D eigenvalue weighted by Crippen LogP contribution is 2.37. The number of aliphatic carboxylic acids is 1. The normalized spacial score (nSPS) is 14.5. The summed E-state index contributed by atoms with van der Waals surface area (Å²) in [6, 6.07) is 13.0. The van der Waals surface area contributed by atoms with Gasteiger partial charge in [0.05, 0.1) is 6.42 Å². The number of carboxylic acids is 1. The van der Waals surface area contributed by atoms with E-state index in [9.17, 15) is 9.59 Å². The summed E-state index contributed by atoms with van der Waals surface area (Å²) >= 11 is 0. The van der Waals surface area contributed by atoms with Gasteiger partial charge in [-0.15, -0.1) is 0 Å². The molecule has 0 aliphatic carbocycles. The number of fused-ring (bicyclic) bond motifs is 2. The molecular formula is C18H14O4. The van der Waals surface area contributed by atoms with Gasteiger partial charge in [-0.3, -0.25) is 9.59 Å². The Bertz CT molecular complexity index is 774. The van der Waals surface area contributed by atoms with Crippen LogP contribution in [-0.2, 0) is 22.6 Å². The van der Waals surface area contributed by atoms with E-state index < -0.39 is 5.97 Å². The van der Waals surface area contributed by atoms with Crippen LogP contribution in [0.25, 0.3) is 5.57 Å². The summed E-state index contributed by atoms with van der Waals surface area (Å²) in [5, 5.41) is 8.95. The third-order valence-electron chi connectivity index (χ3n) is 3.61. The fourth-order valence-electron chi connectivity index (χ4n) is 2.66.